The molecule has 1 amide bonds. The lowest BCUT2D eigenvalue weighted by Gasteiger charge is -2.17. The molecule has 0 aliphatic carbocycles. The number of nitrogens with zero attached hydrogens (tertiary/aromatic N) is 6. The average Bonchev–Trinajstić information content (AvgIpc) is 3.81. The summed E-state index contributed by atoms with van der Waals surface area (Å²) in [5, 5.41) is 7.10. The quantitative estimate of drug-likeness (QED) is 0.188. The molecule has 254 valence electrons. The average molecular weight is 671 g/mol. The molecule has 12 nitrogen and oxygen atoms in total. The minimum Gasteiger partial charge on any atom is -0.493 e. The lowest BCUT2D eigenvalue weighted by molar-refractivity contribution is 0.102. The maximum atomic E-state index is 13.5. The molecule has 12 heteroatoms. The van der Waals surface area contributed by atoms with E-state index in [1.54, 1.807) is 36.9 Å². The van der Waals surface area contributed by atoms with Crippen molar-refractivity contribution < 1.29 is 14.3 Å². The smallest absolute Gasteiger partial charge is 0.288 e. The summed E-state index contributed by atoms with van der Waals surface area (Å²) >= 11 is 0. The van der Waals surface area contributed by atoms with Gasteiger partial charge in [0.15, 0.2) is 11.5 Å². The molecule has 1 fully saturated rings. The number of hydrogen-bond acceptors (Lipinski definition) is 9. The number of pyridine rings is 1. The molecule has 3 aromatic carbocycles. The Morgan fingerprint density at radius 3 is 2.46 bits per heavy atom. The summed E-state index contributed by atoms with van der Waals surface area (Å²) in [5.74, 6) is 1.95. The lowest BCUT2D eigenvalue weighted by atomic mass is 10.0. The van der Waals surface area contributed by atoms with Crippen LogP contribution in [0.15, 0.2) is 96.1 Å². The minimum atomic E-state index is -0.555. The second kappa shape index (κ2) is 14.2. The first-order valence-corrected chi connectivity index (χ1v) is 16.6. The van der Waals surface area contributed by atoms with Crippen LogP contribution in [0.4, 0.5) is 11.5 Å². The van der Waals surface area contributed by atoms with Crippen molar-refractivity contribution in [2.45, 2.75) is 26.3 Å². The third kappa shape index (κ3) is 6.92. The van der Waals surface area contributed by atoms with Gasteiger partial charge in [-0.15, -0.1) is 5.10 Å². The fraction of sp³-hybridized carbons (Fsp3) is 0.237. The van der Waals surface area contributed by atoms with Crippen LogP contribution in [0.5, 0.6) is 11.5 Å². The molecular formula is C38H38N8O4. The van der Waals surface area contributed by atoms with Crippen molar-refractivity contribution in [1.29, 1.82) is 0 Å². The summed E-state index contributed by atoms with van der Waals surface area (Å²) in [6.07, 6.45) is 5.76. The van der Waals surface area contributed by atoms with Gasteiger partial charge in [0, 0.05) is 35.8 Å². The Morgan fingerprint density at radius 1 is 0.940 bits per heavy atom. The number of nitrogens with one attached hydrogen (secondary N) is 1. The van der Waals surface area contributed by atoms with E-state index in [4.69, 9.17) is 15.2 Å². The highest BCUT2D eigenvalue weighted by molar-refractivity contribution is 6.04. The van der Waals surface area contributed by atoms with Crippen LogP contribution in [0.2, 0.25) is 0 Å². The number of aromatic nitrogens is 5. The number of carbonyl (C=O) groups excluding carboxylic acids is 1. The molecule has 0 unspecified atom stereocenters. The van der Waals surface area contributed by atoms with Gasteiger partial charge in [0.2, 0.25) is 5.78 Å². The maximum Gasteiger partial charge on any atom is 0.288 e. The molecule has 1 saturated heterocycles. The van der Waals surface area contributed by atoms with Gasteiger partial charge in [-0.3, -0.25) is 14.5 Å². The van der Waals surface area contributed by atoms with Crippen LogP contribution in [-0.4, -0.2) is 68.3 Å². The van der Waals surface area contributed by atoms with Crippen LogP contribution in [0.1, 0.15) is 34.6 Å². The molecule has 3 N–H and O–H groups in total. The predicted octanol–water partition coefficient (Wildman–Crippen LogP) is 5.29. The molecule has 50 heavy (non-hydrogen) atoms. The standard InChI is InChI=1S/C38H38N8O4/c1-25-41-38-45(23-26-8-4-3-5-9-26)24-32(37(48)46(38)43-25)36(47)42-30-13-10-27(11-14-30)31-20-29(22-40-35(31)39)28-12-15-33(34(21-28)49-2)50-19-18-44-16-6-7-17-44/h3-5,8-15,20-22,24H,6-7,16-19,23H2,1-2H3,(H2,39,40)(H,42,47). The van der Waals surface area contributed by atoms with Crippen molar-refractivity contribution in [1.82, 2.24) is 29.0 Å². The van der Waals surface area contributed by atoms with E-state index in [0.717, 1.165) is 47.5 Å². The van der Waals surface area contributed by atoms with E-state index in [1.165, 1.54) is 23.6 Å². The topological polar surface area (TPSA) is 142 Å². The molecule has 0 radical (unpaired) electrons. The highest BCUT2D eigenvalue weighted by Gasteiger charge is 2.19. The first kappa shape index (κ1) is 32.5. The summed E-state index contributed by atoms with van der Waals surface area (Å²) in [4.78, 5) is 38.1. The zero-order chi connectivity index (χ0) is 34.6. The monoisotopic (exact) mass is 670 g/mol. The van der Waals surface area contributed by atoms with Gasteiger partial charge in [-0.1, -0.05) is 48.5 Å². The number of hydrogen-bond donors (Lipinski definition) is 2. The van der Waals surface area contributed by atoms with Crippen LogP contribution in [0, 0.1) is 6.92 Å². The minimum absolute atomic E-state index is 0.0537. The van der Waals surface area contributed by atoms with Crippen LogP contribution in [-0.2, 0) is 6.54 Å². The van der Waals surface area contributed by atoms with Crippen molar-refractivity contribution in [3.05, 3.63) is 119 Å². The van der Waals surface area contributed by atoms with Crippen molar-refractivity contribution >= 4 is 23.2 Å². The van der Waals surface area contributed by atoms with E-state index < -0.39 is 11.5 Å². The van der Waals surface area contributed by atoms with Crippen LogP contribution >= 0.6 is 0 Å². The molecule has 3 aromatic heterocycles. The number of fused-ring (bicyclic) bond motifs is 1. The van der Waals surface area contributed by atoms with E-state index in [9.17, 15) is 9.59 Å². The highest BCUT2D eigenvalue weighted by atomic mass is 16.5. The van der Waals surface area contributed by atoms with E-state index in [0.29, 0.717) is 47.8 Å². The van der Waals surface area contributed by atoms with Crippen molar-refractivity contribution in [3.8, 4) is 33.8 Å². The molecular weight excluding hydrogens is 632 g/mol. The fourth-order valence-electron chi connectivity index (χ4n) is 6.21. The van der Waals surface area contributed by atoms with Crippen molar-refractivity contribution in [2.24, 2.45) is 0 Å². The fourth-order valence-corrected chi connectivity index (χ4v) is 6.21. The van der Waals surface area contributed by atoms with Crippen molar-refractivity contribution in [3.63, 3.8) is 0 Å². The highest BCUT2D eigenvalue weighted by Crippen LogP contribution is 2.35. The Kier molecular flexibility index (Phi) is 9.26. The summed E-state index contributed by atoms with van der Waals surface area (Å²) in [6.45, 7) is 5.87. The van der Waals surface area contributed by atoms with Gasteiger partial charge in [0.05, 0.1) is 13.7 Å². The third-order valence-electron chi connectivity index (χ3n) is 8.83. The van der Waals surface area contributed by atoms with Crippen molar-refractivity contribution in [2.75, 3.05) is 44.4 Å². The number of likely N-dealkylation sites (tertiary alicyclic amines) is 1. The van der Waals surface area contributed by atoms with E-state index in [2.05, 4.69) is 25.3 Å². The molecule has 0 bridgehead atoms. The number of benzene rings is 3. The first-order valence-electron chi connectivity index (χ1n) is 16.6. The number of anilines is 2. The van der Waals surface area contributed by atoms with E-state index in [-0.39, 0.29) is 5.56 Å². The second-order valence-corrected chi connectivity index (χ2v) is 12.3. The molecule has 0 atom stereocenters. The second-order valence-electron chi connectivity index (χ2n) is 12.3. The number of nitrogen functional groups attached to an aromatic ring is 1. The predicted molar refractivity (Wildman–Crippen MR) is 193 cm³/mol. The molecule has 0 spiro atoms. The van der Waals surface area contributed by atoms with Gasteiger partial charge in [0.1, 0.15) is 23.8 Å². The van der Waals surface area contributed by atoms with Crippen LogP contribution in [0.3, 0.4) is 0 Å². The number of rotatable bonds is 11. The van der Waals surface area contributed by atoms with Gasteiger partial charge < -0.3 is 25.1 Å². The molecule has 1 aliphatic rings. The van der Waals surface area contributed by atoms with Gasteiger partial charge in [-0.25, -0.2) is 4.98 Å². The summed E-state index contributed by atoms with van der Waals surface area (Å²) in [6, 6.07) is 24.8. The summed E-state index contributed by atoms with van der Waals surface area (Å²) in [7, 11) is 1.63. The molecule has 7 rings (SSSR count). The Labute approximate surface area is 289 Å². The lowest BCUT2D eigenvalue weighted by Crippen LogP contribution is -2.29. The number of methoxy groups -OCH3 is 1. The Balaban J connectivity index is 1.08. The van der Waals surface area contributed by atoms with Crippen LogP contribution in [0.25, 0.3) is 28.0 Å². The molecule has 4 heterocycles. The number of nitrogens with two attached hydrogens (primary N) is 1. The molecule has 0 saturated carbocycles. The van der Waals surface area contributed by atoms with E-state index in [1.807, 2.05) is 66.7 Å². The Morgan fingerprint density at radius 2 is 1.70 bits per heavy atom. The molecule has 6 aromatic rings. The van der Waals surface area contributed by atoms with Gasteiger partial charge in [-0.05, 0) is 79.9 Å². The number of ether oxygens (including phenoxy) is 2. The van der Waals surface area contributed by atoms with Gasteiger partial charge >= 0.3 is 0 Å². The zero-order valence-electron chi connectivity index (χ0n) is 28.0. The Bertz CT molecular complexity index is 2210. The normalized spacial score (nSPS) is 13.1. The summed E-state index contributed by atoms with van der Waals surface area (Å²) < 4.78 is 14.6. The number of aryl methyl sites for hydroxylation is 1. The third-order valence-corrected chi connectivity index (χ3v) is 8.83. The number of amides is 1. The van der Waals surface area contributed by atoms with Gasteiger partial charge in [-0.2, -0.15) is 9.50 Å². The summed E-state index contributed by atoms with van der Waals surface area (Å²) in [5.41, 5.74) is 10.6. The Hall–Kier alpha value is -6.01. The SMILES string of the molecule is COc1cc(-c2cnc(N)c(-c3ccc(NC(=O)c4cn(Cc5ccccc5)c5nc(C)nn5c4=O)cc3)c2)ccc1OCCN1CCCC1. The zero-order valence-corrected chi connectivity index (χ0v) is 28.0. The van der Waals surface area contributed by atoms with Gasteiger partial charge in [0.25, 0.3) is 11.5 Å². The largest absolute Gasteiger partial charge is 0.493 e. The first-order chi connectivity index (χ1) is 24.4. The van der Waals surface area contributed by atoms with E-state index >= 15 is 0 Å². The molecule has 1 aliphatic heterocycles. The number of carbonyl (C=O) groups is 1. The van der Waals surface area contributed by atoms with Crippen LogP contribution < -0.4 is 26.1 Å². The maximum absolute atomic E-state index is 13.5.